The van der Waals surface area contributed by atoms with Crippen molar-refractivity contribution in [2.45, 2.75) is 37.4 Å². The Morgan fingerprint density at radius 1 is 1.56 bits per heavy atom. The first-order valence-electron chi connectivity index (χ1n) is 5.51. The quantitative estimate of drug-likeness (QED) is 0.900. The van der Waals surface area contributed by atoms with E-state index in [2.05, 4.69) is 4.98 Å². The van der Waals surface area contributed by atoms with Crippen molar-refractivity contribution in [2.24, 2.45) is 0 Å². The predicted octanol–water partition coefficient (Wildman–Crippen LogP) is 2.60. The molecule has 1 fully saturated rings. The second-order valence-corrected chi connectivity index (χ2v) is 6.59. The van der Waals surface area contributed by atoms with E-state index in [9.17, 15) is 4.79 Å². The van der Waals surface area contributed by atoms with Gasteiger partial charge in [-0.2, -0.15) is 11.8 Å². The number of aromatic nitrogens is 1. The monoisotopic (exact) mass is 257 g/mol. The molecule has 1 aromatic heterocycles. The van der Waals surface area contributed by atoms with Gasteiger partial charge in [-0.05, 0) is 18.6 Å². The first-order valence-corrected chi connectivity index (χ1v) is 7.37. The van der Waals surface area contributed by atoms with Crippen LogP contribution in [0.2, 0.25) is 0 Å². The highest BCUT2D eigenvalue weighted by Crippen LogP contribution is 2.29. The Kier molecular flexibility index (Phi) is 4.23. The number of carboxylic acid groups (broad SMARTS) is 1. The molecule has 5 heteroatoms. The number of thiazole rings is 1. The lowest BCUT2D eigenvalue weighted by molar-refractivity contribution is -0.136. The topological polar surface area (TPSA) is 50.2 Å². The third-order valence-corrected chi connectivity index (χ3v) is 5.02. The van der Waals surface area contributed by atoms with Crippen LogP contribution in [-0.2, 0) is 17.6 Å². The number of nitrogens with zero attached hydrogens (tertiary/aromatic N) is 1. The minimum absolute atomic E-state index is 0.107. The molecular formula is C11H15NO2S2. The van der Waals surface area contributed by atoms with Crippen LogP contribution < -0.4 is 0 Å². The minimum atomic E-state index is -0.776. The smallest absolute Gasteiger partial charge is 0.308 e. The van der Waals surface area contributed by atoms with Gasteiger partial charge in [0.2, 0.25) is 0 Å². The Labute approximate surface area is 103 Å². The van der Waals surface area contributed by atoms with Crippen LogP contribution >= 0.6 is 23.1 Å². The minimum Gasteiger partial charge on any atom is -0.481 e. The fourth-order valence-electron chi connectivity index (χ4n) is 1.84. The van der Waals surface area contributed by atoms with E-state index in [4.69, 9.17) is 5.11 Å². The lowest BCUT2D eigenvalue weighted by Crippen LogP contribution is -2.12. The number of carbonyl (C=O) groups is 1. The highest BCUT2D eigenvalue weighted by atomic mass is 32.2. The maximum Gasteiger partial charge on any atom is 0.308 e. The largest absolute Gasteiger partial charge is 0.481 e. The summed E-state index contributed by atoms with van der Waals surface area (Å²) in [6, 6.07) is 0. The summed E-state index contributed by atoms with van der Waals surface area (Å²) in [5, 5.41) is 10.5. The summed E-state index contributed by atoms with van der Waals surface area (Å²) in [7, 11) is 0. The van der Waals surface area contributed by atoms with Gasteiger partial charge in [0.1, 0.15) is 0 Å². The second-order valence-electron chi connectivity index (χ2n) is 3.98. The maximum atomic E-state index is 10.5. The van der Waals surface area contributed by atoms with Gasteiger partial charge in [0.05, 0.1) is 11.4 Å². The van der Waals surface area contributed by atoms with Crippen LogP contribution in [0.3, 0.4) is 0 Å². The number of carboxylic acids is 1. The standard InChI is InChI=1S/C11H15NO2S2/c13-11(14)6-9-7-12-10(16-9)5-8-3-1-2-4-15-8/h7-8H,1-6H2,(H,13,14). The third kappa shape index (κ3) is 3.49. The summed E-state index contributed by atoms with van der Waals surface area (Å²) in [4.78, 5) is 15.7. The van der Waals surface area contributed by atoms with Crippen molar-refractivity contribution in [3.8, 4) is 0 Å². The van der Waals surface area contributed by atoms with Crippen LogP contribution in [0.25, 0.3) is 0 Å². The summed E-state index contributed by atoms with van der Waals surface area (Å²) in [5.41, 5.74) is 0. The normalized spacial score (nSPS) is 20.9. The van der Waals surface area contributed by atoms with E-state index in [1.165, 1.54) is 25.0 Å². The molecule has 0 radical (unpaired) electrons. The van der Waals surface area contributed by atoms with Crippen LogP contribution in [0.15, 0.2) is 6.20 Å². The highest BCUT2D eigenvalue weighted by Gasteiger charge is 2.16. The molecule has 1 atom stereocenters. The van der Waals surface area contributed by atoms with Crippen LogP contribution in [0.5, 0.6) is 0 Å². The zero-order valence-electron chi connectivity index (χ0n) is 9.02. The number of hydrogen-bond donors (Lipinski definition) is 1. The van der Waals surface area contributed by atoms with Crippen LogP contribution in [0.1, 0.15) is 29.1 Å². The van der Waals surface area contributed by atoms with Gasteiger partial charge in [-0.25, -0.2) is 4.98 Å². The first-order chi connectivity index (χ1) is 7.74. The van der Waals surface area contributed by atoms with E-state index in [-0.39, 0.29) is 6.42 Å². The van der Waals surface area contributed by atoms with Crippen molar-refractivity contribution in [3.05, 3.63) is 16.1 Å². The molecule has 16 heavy (non-hydrogen) atoms. The second kappa shape index (κ2) is 5.68. The molecule has 2 rings (SSSR count). The molecule has 0 spiro atoms. The Balaban J connectivity index is 1.88. The molecule has 0 bridgehead atoms. The molecule has 1 aliphatic heterocycles. The van der Waals surface area contributed by atoms with Gasteiger partial charge < -0.3 is 5.11 Å². The van der Waals surface area contributed by atoms with Gasteiger partial charge in [-0.15, -0.1) is 11.3 Å². The van der Waals surface area contributed by atoms with Gasteiger partial charge in [-0.3, -0.25) is 4.79 Å². The summed E-state index contributed by atoms with van der Waals surface area (Å²) in [6.45, 7) is 0. The first kappa shape index (κ1) is 11.9. The van der Waals surface area contributed by atoms with Crippen LogP contribution in [0, 0.1) is 0 Å². The number of rotatable bonds is 4. The SMILES string of the molecule is O=C(O)Cc1cnc(CC2CCCCS2)s1. The molecule has 0 saturated carbocycles. The molecular weight excluding hydrogens is 242 g/mol. The van der Waals surface area contributed by atoms with Gasteiger partial charge in [0, 0.05) is 22.7 Å². The Hall–Kier alpha value is -0.550. The molecule has 2 heterocycles. The van der Waals surface area contributed by atoms with E-state index in [0.29, 0.717) is 5.25 Å². The summed E-state index contributed by atoms with van der Waals surface area (Å²) < 4.78 is 0. The Morgan fingerprint density at radius 3 is 3.12 bits per heavy atom. The van der Waals surface area contributed by atoms with Gasteiger partial charge in [0.25, 0.3) is 0 Å². The molecule has 1 N–H and O–H groups in total. The summed E-state index contributed by atoms with van der Waals surface area (Å²) >= 11 is 3.58. The number of thioether (sulfide) groups is 1. The predicted molar refractivity (Wildman–Crippen MR) is 67.3 cm³/mol. The average molecular weight is 257 g/mol. The van der Waals surface area contributed by atoms with Crippen molar-refractivity contribution < 1.29 is 9.90 Å². The Morgan fingerprint density at radius 2 is 2.44 bits per heavy atom. The zero-order chi connectivity index (χ0) is 11.4. The van der Waals surface area contributed by atoms with Crippen molar-refractivity contribution in [2.75, 3.05) is 5.75 Å². The van der Waals surface area contributed by atoms with Crippen molar-refractivity contribution >= 4 is 29.1 Å². The number of hydrogen-bond acceptors (Lipinski definition) is 4. The molecule has 0 aromatic carbocycles. The maximum absolute atomic E-state index is 10.5. The molecule has 1 saturated heterocycles. The number of aliphatic carboxylic acids is 1. The lowest BCUT2D eigenvalue weighted by Gasteiger charge is -2.19. The van der Waals surface area contributed by atoms with Gasteiger partial charge >= 0.3 is 5.97 Å². The fraction of sp³-hybridized carbons (Fsp3) is 0.636. The third-order valence-electron chi connectivity index (χ3n) is 2.60. The van der Waals surface area contributed by atoms with Crippen LogP contribution in [0.4, 0.5) is 0 Å². The Bertz CT molecular complexity index is 359. The van der Waals surface area contributed by atoms with E-state index in [1.54, 1.807) is 17.5 Å². The van der Waals surface area contributed by atoms with E-state index in [1.807, 2.05) is 11.8 Å². The van der Waals surface area contributed by atoms with E-state index < -0.39 is 5.97 Å². The molecule has 0 amide bonds. The molecule has 1 aromatic rings. The van der Waals surface area contributed by atoms with E-state index >= 15 is 0 Å². The highest BCUT2D eigenvalue weighted by molar-refractivity contribution is 7.99. The van der Waals surface area contributed by atoms with Gasteiger partial charge in [-0.1, -0.05) is 6.42 Å². The van der Waals surface area contributed by atoms with E-state index in [0.717, 1.165) is 16.3 Å². The summed E-state index contributed by atoms with van der Waals surface area (Å²) in [5.74, 6) is 0.486. The zero-order valence-corrected chi connectivity index (χ0v) is 10.6. The van der Waals surface area contributed by atoms with Gasteiger partial charge in [0.15, 0.2) is 0 Å². The van der Waals surface area contributed by atoms with Crippen LogP contribution in [-0.4, -0.2) is 27.1 Å². The summed E-state index contributed by atoms with van der Waals surface area (Å²) in [6.07, 6.45) is 6.76. The molecule has 0 aliphatic carbocycles. The fourth-order valence-corrected chi connectivity index (χ4v) is 4.25. The molecule has 88 valence electrons. The molecule has 1 unspecified atom stereocenters. The van der Waals surface area contributed by atoms with Crippen molar-refractivity contribution in [1.82, 2.24) is 4.98 Å². The average Bonchev–Trinajstić information content (AvgIpc) is 2.66. The lowest BCUT2D eigenvalue weighted by atomic mass is 10.1. The van der Waals surface area contributed by atoms with Crippen molar-refractivity contribution in [3.63, 3.8) is 0 Å². The van der Waals surface area contributed by atoms with Crippen molar-refractivity contribution in [1.29, 1.82) is 0 Å². The molecule has 1 aliphatic rings. The molecule has 3 nitrogen and oxygen atoms in total.